The van der Waals surface area contributed by atoms with E-state index in [9.17, 15) is 4.79 Å². The van der Waals surface area contributed by atoms with Gasteiger partial charge in [-0.15, -0.1) is 0 Å². The van der Waals surface area contributed by atoms with E-state index in [0.717, 1.165) is 5.75 Å². The molecule has 0 spiro atoms. The number of nitrogens with one attached hydrogen (secondary N) is 2. The summed E-state index contributed by atoms with van der Waals surface area (Å²) in [4.78, 5) is 14.5. The fourth-order valence-corrected chi connectivity index (χ4v) is 1.96. The Bertz CT molecular complexity index is 620. The fraction of sp³-hybridized carbons (Fsp3) is 0.188. The highest BCUT2D eigenvalue weighted by atomic mass is 35.5. The Morgan fingerprint density at radius 2 is 1.86 bits per heavy atom. The third-order valence-electron chi connectivity index (χ3n) is 2.90. The Balaban J connectivity index is 2.12. The van der Waals surface area contributed by atoms with Crippen LogP contribution in [0.5, 0.6) is 17.2 Å². The number of hydrogen-bond donors (Lipinski definition) is 2. The standard InChI is InChI=1S/C16H17ClN2O3/c1-21-15-11-13(22-12-5-3-2-4-6-12)7-8-14(15)16(20)18-9-10-19-17/h2-8,11,19H,9-10H2,1H3,(H,18,20). The number of halogens is 1. The first-order chi connectivity index (χ1) is 10.7. The summed E-state index contributed by atoms with van der Waals surface area (Å²) in [6, 6.07) is 14.5. The summed E-state index contributed by atoms with van der Waals surface area (Å²) in [5.41, 5.74) is 0.442. The summed E-state index contributed by atoms with van der Waals surface area (Å²) in [6.07, 6.45) is 0. The largest absolute Gasteiger partial charge is 0.496 e. The molecule has 5 nitrogen and oxygen atoms in total. The van der Waals surface area contributed by atoms with Gasteiger partial charge in [-0.3, -0.25) is 4.79 Å². The van der Waals surface area contributed by atoms with Crippen molar-refractivity contribution < 1.29 is 14.3 Å². The normalized spacial score (nSPS) is 10.1. The van der Waals surface area contributed by atoms with Gasteiger partial charge in [0.2, 0.25) is 0 Å². The van der Waals surface area contributed by atoms with Crippen molar-refractivity contribution in [2.24, 2.45) is 0 Å². The van der Waals surface area contributed by atoms with Crippen LogP contribution in [-0.2, 0) is 0 Å². The first kappa shape index (κ1) is 16.1. The zero-order valence-corrected chi connectivity index (χ0v) is 12.9. The van der Waals surface area contributed by atoms with Gasteiger partial charge < -0.3 is 14.8 Å². The molecule has 116 valence electrons. The van der Waals surface area contributed by atoms with E-state index < -0.39 is 0 Å². The second-order valence-electron chi connectivity index (χ2n) is 4.42. The van der Waals surface area contributed by atoms with Crippen LogP contribution in [0.25, 0.3) is 0 Å². The molecule has 0 saturated heterocycles. The third-order valence-corrected chi connectivity index (χ3v) is 3.09. The van der Waals surface area contributed by atoms with E-state index in [1.54, 1.807) is 18.2 Å². The van der Waals surface area contributed by atoms with Crippen LogP contribution >= 0.6 is 11.8 Å². The van der Waals surface area contributed by atoms with E-state index in [2.05, 4.69) is 10.2 Å². The van der Waals surface area contributed by atoms with E-state index in [0.29, 0.717) is 30.2 Å². The molecule has 0 aliphatic heterocycles. The topological polar surface area (TPSA) is 59.6 Å². The summed E-state index contributed by atoms with van der Waals surface area (Å²) in [7, 11) is 1.51. The number of carbonyl (C=O) groups excluding carboxylic acids is 1. The molecule has 0 aromatic heterocycles. The van der Waals surface area contributed by atoms with Crippen molar-refractivity contribution in [3.8, 4) is 17.2 Å². The molecule has 6 heteroatoms. The van der Waals surface area contributed by atoms with Crippen molar-refractivity contribution in [1.29, 1.82) is 0 Å². The maximum atomic E-state index is 12.1. The zero-order valence-electron chi connectivity index (χ0n) is 12.1. The fourth-order valence-electron chi connectivity index (χ4n) is 1.87. The van der Waals surface area contributed by atoms with Crippen LogP contribution in [0, 0.1) is 0 Å². The van der Waals surface area contributed by atoms with Gasteiger partial charge in [-0.25, -0.2) is 4.84 Å². The van der Waals surface area contributed by atoms with E-state index >= 15 is 0 Å². The first-order valence-corrected chi connectivity index (χ1v) is 7.15. The Kier molecular flexibility index (Phi) is 6.06. The molecular weight excluding hydrogens is 304 g/mol. The Hall–Kier alpha value is -2.24. The lowest BCUT2D eigenvalue weighted by Gasteiger charge is -2.11. The summed E-state index contributed by atoms with van der Waals surface area (Å²) in [5.74, 6) is 1.54. The zero-order chi connectivity index (χ0) is 15.8. The average Bonchev–Trinajstić information content (AvgIpc) is 2.55. The van der Waals surface area contributed by atoms with Crippen molar-refractivity contribution in [3.05, 3.63) is 54.1 Å². The summed E-state index contributed by atoms with van der Waals surface area (Å²) in [5, 5.41) is 2.74. The molecule has 0 atom stereocenters. The van der Waals surface area contributed by atoms with Gasteiger partial charge in [-0.1, -0.05) is 18.2 Å². The van der Waals surface area contributed by atoms with Gasteiger partial charge in [-0.2, -0.15) is 0 Å². The van der Waals surface area contributed by atoms with Gasteiger partial charge in [0, 0.05) is 19.2 Å². The van der Waals surface area contributed by atoms with Gasteiger partial charge >= 0.3 is 0 Å². The molecular formula is C16H17ClN2O3. The molecule has 0 radical (unpaired) electrons. The van der Waals surface area contributed by atoms with E-state index in [4.69, 9.17) is 21.3 Å². The predicted molar refractivity (Wildman–Crippen MR) is 85.7 cm³/mol. The van der Waals surface area contributed by atoms with Crippen molar-refractivity contribution in [1.82, 2.24) is 10.2 Å². The van der Waals surface area contributed by atoms with Crippen LogP contribution in [0.15, 0.2) is 48.5 Å². The van der Waals surface area contributed by atoms with Crippen LogP contribution in [0.3, 0.4) is 0 Å². The highest BCUT2D eigenvalue weighted by Crippen LogP contribution is 2.28. The molecule has 0 aliphatic rings. The van der Waals surface area contributed by atoms with Gasteiger partial charge in [-0.05, 0) is 36.0 Å². The molecule has 0 bridgehead atoms. The number of amides is 1. The molecule has 2 aromatic carbocycles. The molecule has 0 saturated carbocycles. The Labute approximate surface area is 134 Å². The summed E-state index contributed by atoms with van der Waals surface area (Å²) < 4.78 is 11.0. The van der Waals surface area contributed by atoms with Crippen LogP contribution in [0.1, 0.15) is 10.4 Å². The minimum Gasteiger partial charge on any atom is -0.496 e. The van der Waals surface area contributed by atoms with Crippen molar-refractivity contribution >= 4 is 17.7 Å². The maximum absolute atomic E-state index is 12.1. The molecule has 2 aromatic rings. The second-order valence-corrected chi connectivity index (χ2v) is 4.68. The van der Waals surface area contributed by atoms with Crippen LogP contribution in [-0.4, -0.2) is 26.1 Å². The number of carbonyl (C=O) groups is 1. The summed E-state index contributed by atoms with van der Waals surface area (Å²) >= 11 is 5.34. The number of benzene rings is 2. The molecule has 0 unspecified atom stereocenters. The van der Waals surface area contributed by atoms with Gasteiger partial charge in [0.1, 0.15) is 17.2 Å². The molecule has 2 N–H and O–H groups in total. The lowest BCUT2D eigenvalue weighted by atomic mass is 10.1. The number of hydrogen-bond acceptors (Lipinski definition) is 4. The lowest BCUT2D eigenvalue weighted by Crippen LogP contribution is -2.29. The highest BCUT2D eigenvalue weighted by Gasteiger charge is 2.13. The minimum absolute atomic E-state index is 0.227. The lowest BCUT2D eigenvalue weighted by molar-refractivity contribution is 0.0951. The van der Waals surface area contributed by atoms with Gasteiger partial charge in [0.15, 0.2) is 0 Å². The molecule has 0 aliphatic carbocycles. The van der Waals surface area contributed by atoms with E-state index in [1.807, 2.05) is 30.3 Å². The van der Waals surface area contributed by atoms with E-state index in [-0.39, 0.29) is 5.91 Å². The number of para-hydroxylation sites is 1. The van der Waals surface area contributed by atoms with Crippen LogP contribution in [0.4, 0.5) is 0 Å². The molecule has 22 heavy (non-hydrogen) atoms. The average molecular weight is 321 g/mol. The SMILES string of the molecule is COc1cc(Oc2ccccc2)ccc1C(=O)NCCNCl. The van der Waals surface area contributed by atoms with Crippen LogP contribution in [0.2, 0.25) is 0 Å². The maximum Gasteiger partial charge on any atom is 0.255 e. The molecule has 1 amide bonds. The first-order valence-electron chi connectivity index (χ1n) is 6.77. The molecule has 0 fully saturated rings. The monoisotopic (exact) mass is 320 g/mol. The van der Waals surface area contributed by atoms with E-state index in [1.165, 1.54) is 7.11 Å². The number of rotatable bonds is 7. The Morgan fingerprint density at radius 3 is 2.55 bits per heavy atom. The Morgan fingerprint density at radius 1 is 1.09 bits per heavy atom. The van der Waals surface area contributed by atoms with Crippen LogP contribution < -0.4 is 19.6 Å². The molecule has 2 rings (SSSR count). The van der Waals surface area contributed by atoms with Gasteiger partial charge in [0.25, 0.3) is 5.91 Å². The number of ether oxygens (including phenoxy) is 2. The van der Waals surface area contributed by atoms with Gasteiger partial charge in [0.05, 0.1) is 12.7 Å². The summed E-state index contributed by atoms with van der Waals surface area (Å²) in [6.45, 7) is 0.901. The predicted octanol–water partition coefficient (Wildman–Crippen LogP) is 2.96. The highest BCUT2D eigenvalue weighted by molar-refractivity contribution is 6.13. The minimum atomic E-state index is -0.227. The second kappa shape index (κ2) is 8.26. The number of methoxy groups -OCH3 is 1. The third kappa shape index (κ3) is 4.38. The van der Waals surface area contributed by atoms with Crippen molar-refractivity contribution in [2.75, 3.05) is 20.2 Å². The van der Waals surface area contributed by atoms with Crippen molar-refractivity contribution in [3.63, 3.8) is 0 Å². The van der Waals surface area contributed by atoms with Crippen molar-refractivity contribution in [2.45, 2.75) is 0 Å². The quantitative estimate of drug-likeness (QED) is 0.608. The molecule has 0 heterocycles. The smallest absolute Gasteiger partial charge is 0.255 e.